The van der Waals surface area contributed by atoms with Gasteiger partial charge in [0.1, 0.15) is 5.75 Å². The van der Waals surface area contributed by atoms with Crippen LogP contribution in [0.15, 0.2) is 18.2 Å². The van der Waals surface area contributed by atoms with E-state index < -0.39 is 0 Å². The number of nitrogens with two attached hydrogens (primary N) is 1. The van der Waals surface area contributed by atoms with Crippen molar-refractivity contribution >= 4 is 5.69 Å². The fourth-order valence-corrected chi connectivity index (χ4v) is 2.79. The molecular formula is C16H26N2O. The molecule has 0 aliphatic heterocycles. The molecule has 19 heavy (non-hydrogen) atoms. The minimum absolute atomic E-state index is 0.497. The van der Waals surface area contributed by atoms with Gasteiger partial charge in [0.05, 0.1) is 12.3 Å². The second-order valence-corrected chi connectivity index (χ2v) is 5.53. The topological polar surface area (TPSA) is 47.3 Å². The van der Waals surface area contributed by atoms with Crippen LogP contribution in [0.4, 0.5) is 5.69 Å². The maximum Gasteiger partial charge on any atom is 0.142 e. The van der Waals surface area contributed by atoms with Crippen LogP contribution >= 0.6 is 0 Å². The molecule has 1 aromatic carbocycles. The highest BCUT2D eigenvalue weighted by atomic mass is 16.5. The predicted octanol–water partition coefficient (Wildman–Crippen LogP) is 3.32. The van der Waals surface area contributed by atoms with Crippen LogP contribution in [0.5, 0.6) is 5.75 Å². The van der Waals surface area contributed by atoms with E-state index in [0.717, 1.165) is 31.0 Å². The maximum atomic E-state index is 5.85. The highest BCUT2D eigenvalue weighted by Gasteiger charge is 2.26. The molecule has 0 saturated heterocycles. The summed E-state index contributed by atoms with van der Waals surface area (Å²) in [6.45, 7) is 5.77. The summed E-state index contributed by atoms with van der Waals surface area (Å²) >= 11 is 0. The van der Waals surface area contributed by atoms with Crippen LogP contribution in [0.2, 0.25) is 0 Å². The second kappa shape index (κ2) is 6.80. The Morgan fingerprint density at radius 3 is 2.95 bits per heavy atom. The Hall–Kier alpha value is -1.22. The fourth-order valence-electron chi connectivity index (χ4n) is 2.79. The molecule has 3 heteroatoms. The van der Waals surface area contributed by atoms with Crippen LogP contribution in [0, 0.1) is 12.8 Å². The Labute approximate surface area is 116 Å². The number of aryl methyl sites for hydroxylation is 1. The van der Waals surface area contributed by atoms with Crippen molar-refractivity contribution in [2.24, 2.45) is 11.7 Å². The fraction of sp³-hybridized carbons (Fsp3) is 0.625. The zero-order chi connectivity index (χ0) is 13.7. The Kier molecular flexibility index (Phi) is 5.08. The zero-order valence-electron chi connectivity index (χ0n) is 12.1. The Balaban J connectivity index is 2.09. The first-order valence-electron chi connectivity index (χ1n) is 7.44. The van der Waals surface area contributed by atoms with Crippen LogP contribution in [-0.4, -0.2) is 19.2 Å². The predicted molar refractivity (Wildman–Crippen MR) is 80.8 cm³/mol. The summed E-state index contributed by atoms with van der Waals surface area (Å²) < 4.78 is 5.85. The van der Waals surface area contributed by atoms with Crippen LogP contribution < -0.4 is 15.8 Å². The van der Waals surface area contributed by atoms with Crippen molar-refractivity contribution in [2.75, 3.05) is 18.5 Å². The molecular weight excluding hydrogens is 236 g/mol. The van der Waals surface area contributed by atoms with Gasteiger partial charge in [0, 0.05) is 6.04 Å². The first-order valence-corrected chi connectivity index (χ1v) is 7.44. The molecule has 0 aromatic heterocycles. The SMILES string of the molecule is CCCOc1cc(C)ccc1NC1CCCC1CN. The van der Waals surface area contributed by atoms with E-state index in [4.69, 9.17) is 10.5 Å². The molecule has 0 amide bonds. The van der Waals surface area contributed by atoms with Gasteiger partial charge < -0.3 is 15.8 Å². The van der Waals surface area contributed by atoms with Gasteiger partial charge in [0.15, 0.2) is 0 Å². The quantitative estimate of drug-likeness (QED) is 0.826. The third-order valence-electron chi connectivity index (χ3n) is 3.90. The largest absolute Gasteiger partial charge is 0.491 e. The van der Waals surface area contributed by atoms with Crippen molar-refractivity contribution in [2.45, 2.75) is 45.6 Å². The number of hydrogen-bond donors (Lipinski definition) is 2. The molecule has 2 unspecified atom stereocenters. The molecule has 0 heterocycles. The van der Waals surface area contributed by atoms with E-state index in [2.05, 4.69) is 37.4 Å². The van der Waals surface area contributed by atoms with E-state index in [9.17, 15) is 0 Å². The van der Waals surface area contributed by atoms with Crippen molar-refractivity contribution in [1.29, 1.82) is 0 Å². The molecule has 3 N–H and O–H groups in total. The Morgan fingerprint density at radius 2 is 2.21 bits per heavy atom. The van der Waals surface area contributed by atoms with Crippen LogP contribution in [0.3, 0.4) is 0 Å². The second-order valence-electron chi connectivity index (χ2n) is 5.53. The summed E-state index contributed by atoms with van der Waals surface area (Å²) in [6, 6.07) is 6.88. The van der Waals surface area contributed by atoms with E-state index in [1.54, 1.807) is 0 Å². The highest BCUT2D eigenvalue weighted by molar-refractivity contribution is 5.58. The third-order valence-corrected chi connectivity index (χ3v) is 3.90. The number of benzene rings is 1. The average Bonchev–Trinajstić information content (AvgIpc) is 2.86. The molecule has 0 bridgehead atoms. The summed E-state index contributed by atoms with van der Waals surface area (Å²) in [6.07, 6.45) is 4.76. The summed E-state index contributed by atoms with van der Waals surface area (Å²) in [5.41, 5.74) is 8.20. The molecule has 3 nitrogen and oxygen atoms in total. The monoisotopic (exact) mass is 262 g/mol. The molecule has 2 rings (SSSR count). The van der Waals surface area contributed by atoms with Gasteiger partial charge in [-0.15, -0.1) is 0 Å². The van der Waals surface area contributed by atoms with E-state index in [1.807, 2.05) is 0 Å². The molecule has 0 radical (unpaired) electrons. The number of ether oxygens (including phenoxy) is 1. The molecule has 1 aliphatic carbocycles. The molecule has 1 aromatic rings. The van der Waals surface area contributed by atoms with Crippen LogP contribution in [0.1, 0.15) is 38.2 Å². The third kappa shape index (κ3) is 3.63. The number of anilines is 1. The lowest BCUT2D eigenvalue weighted by molar-refractivity contribution is 0.318. The smallest absolute Gasteiger partial charge is 0.142 e. The van der Waals surface area contributed by atoms with Crippen molar-refractivity contribution in [3.8, 4) is 5.75 Å². The molecule has 0 spiro atoms. The summed E-state index contributed by atoms with van der Waals surface area (Å²) in [4.78, 5) is 0. The van der Waals surface area contributed by atoms with Gasteiger partial charge in [0.25, 0.3) is 0 Å². The minimum Gasteiger partial charge on any atom is -0.491 e. The summed E-state index contributed by atoms with van der Waals surface area (Å²) in [7, 11) is 0. The van der Waals surface area contributed by atoms with Gasteiger partial charge in [0.2, 0.25) is 0 Å². The van der Waals surface area contributed by atoms with E-state index >= 15 is 0 Å². The molecule has 1 aliphatic rings. The lowest BCUT2D eigenvalue weighted by Gasteiger charge is -2.22. The van der Waals surface area contributed by atoms with Gasteiger partial charge >= 0.3 is 0 Å². The van der Waals surface area contributed by atoms with E-state index in [0.29, 0.717) is 12.0 Å². The molecule has 2 atom stereocenters. The van der Waals surface area contributed by atoms with Gasteiger partial charge in [-0.05, 0) is 56.3 Å². The van der Waals surface area contributed by atoms with Crippen molar-refractivity contribution in [3.05, 3.63) is 23.8 Å². The van der Waals surface area contributed by atoms with Gasteiger partial charge in [-0.1, -0.05) is 19.4 Å². The van der Waals surface area contributed by atoms with E-state index in [-0.39, 0.29) is 0 Å². The average molecular weight is 262 g/mol. The van der Waals surface area contributed by atoms with Gasteiger partial charge in [-0.25, -0.2) is 0 Å². The Morgan fingerprint density at radius 1 is 1.37 bits per heavy atom. The lowest BCUT2D eigenvalue weighted by Crippen LogP contribution is -2.29. The maximum absolute atomic E-state index is 5.85. The van der Waals surface area contributed by atoms with Crippen molar-refractivity contribution in [3.63, 3.8) is 0 Å². The van der Waals surface area contributed by atoms with Crippen LogP contribution in [0.25, 0.3) is 0 Å². The number of rotatable bonds is 6. The highest BCUT2D eigenvalue weighted by Crippen LogP contribution is 2.32. The first-order chi connectivity index (χ1) is 9.24. The van der Waals surface area contributed by atoms with E-state index in [1.165, 1.54) is 24.8 Å². The zero-order valence-corrected chi connectivity index (χ0v) is 12.1. The minimum atomic E-state index is 0.497. The lowest BCUT2D eigenvalue weighted by atomic mass is 10.0. The van der Waals surface area contributed by atoms with Gasteiger partial charge in [-0.3, -0.25) is 0 Å². The normalized spacial score (nSPS) is 22.5. The number of hydrogen-bond acceptors (Lipinski definition) is 3. The summed E-state index contributed by atoms with van der Waals surface area (Å²) in [5.74, 6) is 1.57. The van der Waals surface area contributed by atoms with Crippen LogP contribution in [-0.2, 0) is 0 Å². The standard InChI is InChI=1S/C16H26N2O/c1-3-9-19-16-10-12(2)7-8-15(16)18-14-6-4-5-13(14)11-17/h7-8,10,13-14,18H,3-6,9,11,17H2,1-2H3. The van der Waals surface area contributed by atoms with Gasteiger partial charge in [-0.2, -0.15) is 0 Å². The first kappa shape index (κ1) is 14.2. The number of nitrogens with one attached hydrogen (secondary N) is 1. The molecule has 106 valence electrons. The van der Waals surface area contributed by atoms with Crippen molar-refractivity contribution in [1.82, 2.24) is 0 Å². The molecule has 1 saturated carbocycles. The Bertz CT molecular complexity index is 406. The molecule has 1 fully saturated rings. The van der Waals surface area contributed by atoms with Crippen molar-refractivity contribution < 1.29 is 4.74 Å². The summed E-state index contributed by atoms with van der Waals surface area (Å²) in [5, 5.41) is 3.64.